The molecule has 0 heterocycles. The van der Waals surface area contributed by atoms with E-state index in [-0.39, 0.29) is 0 Å². The van der Waals surface area contributed by atoms with Crippen LogP contribution in [-0.2, 0) is 0 Å². The van der Waals surface area contributed by atoms with Crippen LogP contribution in [-0.4, -0.2) is 15.4 Å². The van der Waals surface area contributed by atoms with Crippen molar-refractivity contribution in [3.05, 3.63) is 0 Å². The van der Waals surface area contributed by atoms with Gasteiger partial charge in [-0.15, -0.1) is 0 Å². The second-order valence-corrected chi connectivity index (χ2v) is 3.67. The SMILES string of the molecule is CN(Cl)C(Cl)(Cl)Cl. The average Bonchev–Trinajstić information content (AvgIpc) is 1.31. The highest BCUT2D eigenvalue weighted by Gasteiger charge is 2.23. The molecule has 0 aromatic heterocycles. The highest BCUT2D eigenvalue weighted by atomic mass is 35.6. The summed E-state index contributed by atoms with van der Waals surface area (Å²) >= 11 is 20.8. The molecule has 0 aliphatic rings. The largest absolute Gasteiger partial charge is 0.260 e. The van der Waals surface area contributed by atoms with Gasteiger partial charge in [-0.05, 0) is 11.8 Å². The third kappa shape index (κ3) is 3.68. The maximum absolute atomic E-state index is 5.19. The normalized spacial score (nSPS) is 12.9. The Morgan fingerprint density at radius 3 is 1.43 bits per heavy atom. The second kappa shape index (κ2) is 2.60. The van der Waals surface area contributed by atoms with Crippen molar-refractivity contribution in [2.75, 3.05) is 7.05 Å². The summed E-state index contributed by atoms with van der Waals surface area (Å²) in [5.41, 5.74) is 0. The summed E-state index contributed by atoms with van der Waals surface area (Å²) in [7, 11) is 1.45. The molecule has 0 spiro atoms. The Balaban J connectivity index is 3.54. The van der Waals surface area contributed by atoms with Gasteiger partial charge in [-0.25, -0.2) is 0 Å². The predicted molar refractivity (Wildman–Crippen MR) is 33.9 cm³/mol. The van der Waals surface area contributed by atoms with E-state index in [1.54, 1.807) is 0 Å². The summed E-state index contributed by atoms with van der Waals surface area (Å²) in [5, 5.41) is 0. The van der Waals surface area contributed by atoms with Gasteiger partial charge >= 0.3 is 0 Å². The summed E-state index contributed by atoms with van der Waals surface area (Å²) in [6, 6.07) is 0. The average molecular weight is 183 g/mol. The Morgan fingerprint density at radius 2 is 1.43 bits per heavy atom. The number of rotatable bonds is 0. The molecular formula is C2H3Cl4N. The Kier molecular flexibility index (Phi) is 3.02. The van der Waals surface area contributed by atoms with Gasteiger partial charge in [0.05, 0.1) is 0 Å². The molecule has 0 aromatic carbocycles. The third-order valence-electron chi connectivity index (χ3n) is 0.349. The van der Waals surface area contributed by atoms with Crippen LogP contribution in [0.25, 0.3) is 0 Å². The van der Waals surface area contributed by atoms with Gasteiger partial charge in [-0.2, -0.15) is 4.42 Å². The Morgan fingerprint density at radius 1 is 1.29 bits per heavy atom. The van der Waals surface area contributed by atoms with E-state index in [4.69, 9.17) is 46.6 Å². The highest BCUT2D eigenvalue weighted by Crippen LogP contribution is 2.30. The summed E-state index contributed by atoms with van der Waals surface area (Å²) < 4.78 is -0.529. The smallest absolute Gasteiger partial charge is 0.176 e. The minimum Gasteiger partial charge on any atom is -0.176 e. The molecule has 0 bridgehead atoms. The van der Waals surface area contributed by atoms with Crippen LogP contribution in [0, 0.1) is 0 Å². The molecule has 0 aliphatic carbocycles. The van der Waals surface area contributed by atoms with Crippen LogP contribution in [0.15, 0.2) is 0 Å². The lowest BCUT2D eigenvalue weighted by molar-refractivity contribution is 0.567. The Labute approximate surface area is 62.2 Å². The molecule has 0 saturated carbocycles. The Bertz CT molecular complexity index is 55.2. The van der Waals surface area contributed by atoms with E-state index < -0.39 is 3.92 Å². The molecule has 0 rings (SSSR count). The van der Waals surface area contributed by atoms with E-state index in [9.17, 15) is 0 Å². The number of hydrogen-bond acceptors (Lipinski definition) is 1. The number of nitrogens with zero attached hydrogens (tertiary/aromatic N) is 1. The fraction of sp³-hybridized carbons (Fsp3) is 1.00. The molecular weight excluding hydrogens is 180 g/mol. The second-order valence-electron chi connectivity index (χ2n) is 0.945. The van der Waals surface area contributed by atoms with Crippen LogP contribution in [0.3, 0.4) is 0 Å². The summed E-state index contributed by atoms with van der Waals surface area (Å²) in [5.74, 6) is 0. The van der Waals surface area contributed by atoms with Gasteiger partial charge in [0.25, 0.3) is 3.92 Å². The fourth-order valence-corrected chi connectivity index (χ4v) is 0. The zero-order valence-corrected chi connectivity index (χ0v) is 6.48. The Hall–Kier alpha value is 1.12. The molecule has 0 aromatic rings. The van der Waals surface area contributed by atoms with Crippen LogP contribution in [0.4, 0.5) is 0 Å². The molecule has 0 fully saturated rings. The van der Waals surface area contributed by atoms with Gasteiger partial charge in [-0.1, -0.05) is 34.8 Å². The molecule has 0 amide bonds. The van der Waals surface area contributed by atoms with E-state index in [0.29, 0.717) is 0 Å². The van der Waals surface area contributed by atoms with Crippen LogP contribution in [0.2, 0.25) is 0 Å². The molecule has 0 atom stereocenters. The van der Waals surface area contributed by atoms with Crippen molar-refractivity contribution in [2.24, 2.45) is 0 Å². The van der Waals surface area contributed by atoms with E-state index in [0.717, 1.165) is 4.42 Å². The van der Waals surface area contributed by atoms with Gasteiger partial charge < -0.3 is 0 Å². The summed E-state index contributed by atoms with van der Waals surface area (Å²) in [6.07, 6.45) is 0. The van der Waals surface area contributed by atoms with E-state index in [1.165, 1.54) is 7.05 Å². The molecule has 0 unspecified atom stereocenters. The summed E-state index contributed by atoms with van der Waals surface area (Å²) in [6.45, 7) is 0. The summed E-state index contributed by atoms with van der Waals surface area (Å²) in [4.78, 5) is 0. The third-order valence-corrected chi connectivity index (χ3v) is 1.62. The van der Waals surface area contributed by atoms with Crippen LogP contribution >= 0.6 is 46.6 Å². The standard InChI is InChI=1S/C2H3Cl4N/c1-7(6)2(3,4)5/h1H3. The quantitative estimate of drug-likeness (QED) is 0.316. The molecule has 0 saturated heterocycles. The molecule has 0 radical (unpaired) electrons. The van der Waals surface area contributed by atoms with Crippen LogP contribution < -0.4 is 0 Å². The first-order chi connectivity index (χ1) is 2.94. The maximum Gasteiger partial charge on any atom is 0.260 e. The van der Waals surface area contributed by atoms with Crippen molar-refractivity contribution in [1.29, 1.82) is 0 Å². The molecule has 1 nitrogen and oxygen atoms in total. The van der Waals surface area contributed by atoms with Crippen LogP contribution in [0.1, 0.15) is 0 Å². The fourth-order valence-electron chi connectivity index (χ4n) is 0. The maximum atomic E-state index is 5.19. The first kappa shape index (κ1) is 8.12. The van der Waals surface area contributed by atoms with Crippen LogP contribution in [0.5, 0.6) is 0 Å². The molecule has 7 heavy (non-hydrogen) atoms. The van der Waals surface area contributed by atoms with Crippen molar-refractivity contribution >= 4 is 46.6 Å². The van der Waals surface area contributed by atoms with Gasteiger partial charge in [0.15, 0.2) is 0 Å². The zero-order chi connectivity index (χ0) is 6.08. The molecule has 5 heteroatoms. The monoisotopic (exact) mass is 181 g/mol. The zero-order valence-electron chi connectivity index (χ0n) is 3.46. The first-order valence-electron chi connectivity index (χ1n) is 1.41. The van der Waals surface area contributed by atoms with Gasteiger partial charge in [0.1, 0.15) is 0 Å². The lowest BCUT2D eigenvalue weighted by Gasteiger charge is -2.15. The van der Waals surface area contributed by atoms with Crippen molar-refractivity contribution in [1.82, 2.24) is 4.42 Å². The van der Waals surface area contributed by atoms with Gasteiger partial charge in [-0.3, -0.25) is 0 Å². The number of hydrogen-bond donors (Lipinski definition) is 0. The lowest BCUT2D eigenvalue weighted by atomic mass is 11.2. The van der Waals surface area contributed by atoms with Gasteiger partial charge in [0.2, 0.25) is 0 Å². The minimum atomic E-state index is -1.48. The van der Waals surface area contributed by atoms with E-state index in [1.807, 2.05) is 0 Å². The topological polar surface area (TPSA) is 3.24 Å². The van der Waals surface area contributed by atoms with Crippen molar-refractivity contribution in [3.63, 3.8) is 0 Å². The van der Waals surface area contributed by atoms with Crippen molar-refractivity contribution < 1.29 is 0 Å². The van der Waals surface area contributed by atoms with E-state index in [2.05, 4.69) is 0 Å². The minimum absolute atomic E-state index is 0.956. The molecule has 44 valence electrons. The number of halogens is 4. The van der Waals surface area contributed by atoms with Gasteiger partial charge in [0, 0.05) is 7.05 Å². The first-order valence-corrected chi connectivity index (χ1v) is 2.88. The molecule has 0 N–H and O–H groups in total. The number of alkyl halides is 3. The highest BCUT2D eigenvalue weighted by molar-refractivity contribution is 6.68. The lowest BCUT2D eigenvalue weighted by Crippen LogP contribution is -2.20. The van der Waals surface area contributed by atoms with Crippen molar-refractivity contribution in [2.45, 2.75) is 3.92 Å². The predicted octanol–water partition coefficient (Wildman–Crippen LogP) is 2.40. The van der Waals surface area contributed by atoms with Crippen molar-refractivity contribution in [3.8, 4) is 0 Å². The molecule has 0 aliphatic heterocycles. The van der Waals surface area contributed by atoms with E-state index >= 15 is 0 Å².